The summed E-state index contributed by atoms with van der Waals surface area (Å²) in [6.45, 7) is 15.2. The highest BCUT2D eigenvalue weighted by molar-refractivity contribution is 7.90. The normalized spacial score (nSPS) is 27.5. The van der Waals surface area contributed by atoms with Crippen LogP contribution in [0.15, 0.2) is 5.16 Å². The summed E-state index contributed by atoms with van der Waals surface area (Å²) in [6.07, 6.45) is 0.345. The maximum absolute atomic E-state index is 12.1. The smallest absolute Gasteiger partial charge is 0.253 e. The number of nitrogens with zero attached hydrogens (tertiary/aromatic N) is 2. The lowest BCUT2D eigenvalue weighted by Gasteiger charge is -2.37. The second-order valence-electron chi connectivity index (χ2n) is 10.6. The van der Waals surface area contributed by atoms with Crippen LogP contribution in [0.25, 0.3) is 0 Å². The fraction of sp³-hybridized carbons (Fsp3) is 0.810. The first-order chi connectivity index (χ1) is 15.0. The van der Waals surface area contributed by atoms with Crippen LogP contribution in [0.1, 0.15) is 46.2 Å². The molecule has 1 N–H and O–H groups in total. The highest BCUT2D eigenvalue weighted by atomic mass is 32.2. The molecule has 0 aromatic carbocycles. The van der Waals surface area contributed by atoms with Crippen molar-refractivity contribution in [3.63, 3.8) is 0 Å². The molecule has 10 nitrogen and oxygen atoms in total. The maximum Gasteiger partial charge on any atom is 0.253 e. The largest absolute Gasteiger partial charge is 0.481 e. The Labute approximate surface area is 197 Å². The Morgan fingerprint density at radius 1 is 1.06 bits per heavy atom. The monoisotopic (exact) mass is 503 g/mol. The van der Waals surface area contributed by atoms with E-state index in [1.165, 1.54) is 14.2 Å². The van der Waals surface area contributed by atoms with Crippen LogP contribution in [-0.4, -0.2) is 77.8 Å². The molecule has 3 rings (SSSR count). The Bertz CT molecular complexity index is 969. The van der Waals surface area contributed by atoms with Crippen molar-refractivity contribution in [2.75, 3.05) is 27.1 Å². The van der Waals surface area contributed by atoms with Gasteiger partial charge in [0.05, 0.1) is 38.5 Å². The van der Waals surface area contributed by atoms with E-state index in [1.807, 2.05) is 13.8 Å². The van der Waals surface area contributed by atoms with Gasteiger partial charge in [0.2, 0.25) is 21.6 Å². The van der Waals surface area contributed by atoms with E-state index in [1.54, 1.807) is 0 Å². The van der Waals surface area contributed by atoms with Gasteiger partial charge < -0.3 is 23.4 Å². The van der Waals surface area contributed by atoms with Crippen LogP contribution in [0.2, 0.25) is 18.1 Å². The summed E-state index contributed by atoms with van der Waals surface area (Å²) in [5.41, 5.74) is 0.485. The molecule has 12 heteroatoms. The molecule has 3 heterocycles. The van der Waals surface area contributed by atoms with Crippen LogP contribution >= 0.6 is 0 Å². The molecular formula is C21H37N3O7SSi. The van der Waals surface area contributed by atoms with Crippen molar-refractivity contribution in [1.82, 2.24) is 15.3 Å². The molecular weight excluding hydrogens is 466 g/mol. The summed E-state index contributed by atoms with van der Waals surface area (Å²) in [7, 11) is -2.81. The number of hydrogen-bond acceptors (Lipinski definition) is 10. The topological polar surface area (TPSA) is 118 Å². The zero-order chi connectivity index (χ0) is 25.0. The molecule has 2 saturated heterocycles. The molecule has 4 atom stereocenters. The highest BCUT2D eigenvalue weighted by Crippen LogP contribution is 2.46. The van der Waals surface area contributed by atoms with Crippen molar-refractivity contribution < 1.29 is 31.8 Å². The van der Waals surface area contributed by atoms with E-state index in [4.69, 9.17) is 23.4 Å². The maximum atomic E-state index is 12.1. The van der Waals surface area contributed by atoms with E-state index < -0.39 is 36.1 Å². The standard InChI is InChI=1S/C21H37N3O7SSi/c1-20(2,3)33(9,10)29-11-12-15-16(31-21(4,5)30-15)14(22-12)13-17(27-6)23-19(32(8,25)26)24-18(13)28-7/h12,14-16,22H,11H2,1-10H3/t12?,14-,15+,16-/m0/s1. The number of hydrogen-bond donors (Lipinski definition) is 1. The summed E-state index contributed by atoms with van der Waals surface area (Å²) >= 11 is 0. The second kappa shape index (κ2) is 8.72. The van der Waals surface area contributed by atoms with Gasteiger partial charge in [-0.25, -0.2) is 8.42 Å². The zero-order valence-corrected chi connectivity index (χ0v) is 23.0. The summed E-state index contributed by atoms with van der Waals surface area (Å²) in [4.78, 5) is 8.29. The number of ether oxygens (including phenoxy) is 4. The van der Waals surface area contributed by atoms with Gasteiger partial charge in [-0.05, 0) is 32.0 Å². The van der Waals surface area contributed by atoms with Crippen molar-refractivity contribution >= 4 is 18.2 Å². The molecule has 2 fully saturated rings. The van der Waals surface area contributed by atoms with Crippen molar-refractivity contribution in [2.24, 2.45) is 0 Å². The van der Waals surface area contributed by atoms with E-state index in [0.29, 0.717) is 12.2 Å². The molecule has 33 heavy (non-hydrogen) atoms. The Kier molecular flexibility index (Phi) is 6.95. The van der Waals surface area contributed by atoms with Gasteiger partial charge in [0.25, 0.3) is 5.16 Å². The molecule has 1 unspecified atom stereocenters. The summed E-state index contributed by atoms with van der Waals surface area (Å²) < 4.78 is 54.1. The Morgan fingerprint density at radius 3 is 2.03 bits per heavy atom. The van der Waals surface area contributed by atoms with Crippen LogP contribution in [0, 0.1) is 0 Å². The van der Waals surface area contributed by atoms with Gasteiger partial charge in [0, 0.05) is 6.26 Å². The summed E-state index contributed by atoms with van der Waals surface area (Å²) in [5, 5.41) is 3.24. The van der Waals surface area contributed by atoms with Crippen molar-refractivity contribution in [3.05, 3.63) is 5.56 Å². The lowest BCUT2D eigenvalue weighted by molar-refractivity contribution is -0.157. The Balaban J connectivity index is 2.00. The van der Waals surface area contributed by atoms with Crippen LogP contribution in [-0.2, 0) is 23.7 Å². The van der Waals surface area contributed by atoms with E-state index >= 15 is 0 Å². The first-order valence-corrected chi connectivity index (χ1v) is 15.8. The lowest BCUT2D eigenvalue weighted by Crippen LogP contribution is -2.47. The molecule has 0 spiro atoms. The number of aromatic nitrogens is 2. The zero-order valence-electron chi connectivity index (χ0n) is 21.2. The number of sulfone groups is 1. The number of fused-ring (bicyclic) bond motifs is 1. The molecule has 0 amide bonds. The van der Waals surface area contributed by atoms with Crippen LogP contribution in [0.4, 0.5) is 0 Å². The summed E-state index contributed by atoms with van der Waals surface area (Å²) in [5.74, 6) is -0.575. The van der Waals surface area contributed by atoms with Crippen molar-refractivity contribution in [1.29, 1.82) is 0 Å². The fourth-order valence-electron chi connectivity index (χ4n) is 3.87. The molecule has 0 radical (unpaired) electrons. The SMILES string of the molecule is COc1nc(S(C)(=O)=O)nc(OC)c1[C@@H]1NC(CO[Si](C)(C)C(C)(C)C)[C@H]2OC(C)(C)O[C@H]21. The first-order valence-electron chi connectivity index (χ1n) is 11.0. The molecule has 0 bridgehead atoms. The van der Waals surface area contributed by atoms with Gasteiger partial charge in [-0.3, -0.25) is 5.32 Å². The fourth-order valence-corrected chi connectivity index (χ4v) is 5.39. The summed E-state index contributed by atoms with van der Waals surface area (Å²) in [6, 6.07) is -0.622. The van der Waals surface area contributed by atoms with Crippen molar-refractivity contribution in [3.8, 4) is 11.8 Å². The van der Waals surface area contributed by atoms with Gasteiger partial charge in [-0.1, -0.05) is 20.8 Å². The predicted molar refractivity (Wildman–Crippen MR) is 125 cm³/mol. The third kappa shape index (κ3) is 5.20. The molecule has 2 aliphatic heterocycles. The van der Waals surface area contributed by atoms with Gasteiger partial charge in [0.1, 0.15) is 12.2 Å². The van der Waals surface area contributed by atoms with Gasteiger partial charge in [-0.15, -0.1) is 0 Å². The van der Waals surface area contributed by atoms with E-state index in [-0.39, 0.29) is 34.1 Å². The van der Waals surface area contributed by atoms with Crippen LogP contribution in [0.5, 0.6) is 11.8 Å². The van der Waals surface area contributed by atoms with E-state index in [2.05, 4.69) is 49.1 Å². The molecule has 0 saturated carbocycles. The van der Waals surface area contributed by atoms with Crippen LogP contribution in [0.3, 0.4) is 0 Å². The lowest BCUT2D eigenvalue weighted by atomic mass is 10.0. The molecule has 1 aromatic rings. The Hall–Kier alpha value is -1.31. The van der Waals surface area contributed by atoms with Gasteiger partial charge >= 0.3 is 0 Å². The average molecular weight is 504 g/mol. The number of nitrogens with one attached hydrogen (secondary N) is 1. The molecule has 2 aliphatic rings. The number of methoxy groups -OCH3 is 2. The molecule has 0 aliphatic carbocycles. The van der Waals surface area contributed by atoms with Crippen LogP contribution < -0.4 is 14.8 Å². The van der Waals surface area contributed by atoms with E-state index in [0.717, 1.165) is 6.26 Å². The second-order valence-corrected chi connectivity index (χ2v) is 17.3. The van der Waals surface area contributed by atoms with Gasteiger partial charge in [0.15, 0.2) is 14.1 Å². The minimum absolute atomic E-state index is 0.0679. The van der Waals surface area contributed by atoms with E-state index in [9.17, 15) is 8.42 Å². The molecule has 1 aromatic heterocycles. The number of rotatable bonds is 7. The van der Waals surface area contributed by atoms with Crippen molar-refractivity contribution in [2.45, 2.75) is 88.0 Å². The highest BCUT2D eigenvalue weighted by Gasteiger charge is 2.56. The quantitative estimate of drug-likeness (QED) is 0.439. The Morgan fingerprint density at radius 2 is 1.58 bits per heavy atom. The molecule has 188 valence electrons. The minimum atomic E-state index is -3.67. The first kappa shape index (κ1) is 26.3. The predicted octanol–water partition coefficient (Wildman–Crippen LogP) is 2.45. The third-order valence-electron chi connectivity index (χ3n) is 6.60. The third-order valence-corrected chi connectivity index (χ3v) is 11.9. The van der Waals surface area contributed by atoms with Gasteiger partial charge in [-0.2, -0.15) is 9.97 Å². The average Bonchev–Trinajstić information content (AvgIpc) is 3.16. The minimum Gasteiger partial charge on any atom is -0.481 e.